The summed E-state index contributed by atoms with van der Waals surface area (Å²) in [5.41, 5.74) is -0.575. The van der Waals surface area contributed by atoms with Gasteiger partial charge in [0.05, 0.1) is 17.1 Å². The number of benzene rings is 1. The van der Waals surface area contributed by atoms with E-state index in [4.69, 9.17) is 9.47 Å². The van der Waals surface area contributed by atoms with Crippen LogP contribution in [-0.2, 0) is 11.0 Å². The Labute approximate surface area is 166 Å². The quantitative estimate of drug-likeness (QED) is 0.704. The van der Waals surface area contributed by atoms with Crippen molar-refractivity contribution in [3.8, 4) is 11.6 Å². The summed E-state index contributed by atoms with van der Waals surface area (Å²) in [6, 6.07) is 5.26. The van der Waals surface area contributed by atoms with Gasteiger partial charge in [0, 0.05) is 0 Å². The molecule has 1 aromatic heterocycles. The molecule has 0 radical (unpaired) electrons. The van der Waals surface area contributed by atoms with Gasteiger partial charge < -0.3 is 9.47 Å². The maximum absolute atomic E-state index is 12.8. The van der Waals surface area contributed by atoms with E-state index in [9.17, 15) is 22.8 Å². The Hall–Kier alpha value is -2.82. The van der Waals surface area contributed by atoms with Gasteiger partial charge in [0.15, 0.2) is 6.61 Å². The van der Waals surface area contributed by atoms with Crippen molar-refractivity contribution in [2.24, 2.45) is 0 Å². The van der Waals surface area contributed by atoms with E-state index in [1.54, 1.807) is 6.07 Å². The number of aromatic nitrogens is 1. The van der Waals surface area contributed by atoms with E-state index in [2.05, 4.69) is 26.2 Å². The van der Waals surface area contributed by atoms with Crippen LogP contribution < -0.4 is 20.1 Å². The van der Waals surface area contributed by atoms with E-state index in [0.29, 0.717) is 10.0 Å². The molecule has 11 heteroatoms. The summed E-state index contributed by atoms with van der Waals surface area (Å²) in [6.45, 7) is 0.820. The number of hydrogen-bond acceptors (Lipinski definition) is 5. The highest BCUT2D eigenvalue weighted by Gasteiger charge is 2.31. The molecule has 1 heterocycles. The van der Waals surface area contributed by atoms with Gasteiger partial charge in [0.1, 0.15) is 11.6 Å². The van der Waals surface area contributed by atoms with Crippen LogP contribution in [0.4, 0.5) is 23.8 Å². The van der Waals surface area contributed by atoms with Crippen LogP contribution in [0.15, 0.2) is 34.8 Å². The first-order valence-electron chi connectivity index (χ1n) is 7.71. The van der Waals surface area contributed by atoms with E-state index < -0.39 is 30.3 Å². The number of aryl methyl sites for hydroxylation is 1. The molecule has 2 aromatic rings. The number of carbonyl (C=O) groups is 2. The molecule has 0 aliphatic heterocycles. The summed E-state index contributed by atoms with van der Waals surface area (Å²) in [7, 11) is 1.40. The zero-order chi connectivity index (χ0) is 20.9. The van der Waals surface area contributed by atoms with E-state index in [1.165, 1.54) is 26.2 Å². The molecule has 3 amide bonds. The number of nitrogens with one attached hydrogen (secondary N) is 2. The van der Waals surface area contributed by atoms with Gasteiger partial charge in [-0.3, -0.25) is 15.4 Å². The molecule has 2 N–H and O–H groups in total. The molecule has 0 aliphatic rings. The van der Waals surface area contributed by atoms with Crippen molar-refractivity contribution >= 4 is 33.7 Å². The first-order chi connectivity index (χ1) is 13.1. The van der Waals surface area contributed by atoms with Gasteiger partial charge in [-0.2, -0.15) is 18.2 Å². The molecule has 0 spiro atoms. The lowest BCUT2D eigenvalue weighted by Gasteiger charge is -2.12. The van der Waals surface area contributed by atoms with Crippen molar-refractivity contribution < 1.29 is 32.2 Å². The summed E-state index contributed by atoms with van der Waals surface area (Å²) in [4.78, 5) is 27.6. The highest BCUT2D eigenvalue weighted by molar-refractivity contribution is 9.10. The second-order valence-electron chi connectivity index (χ2n) is 5.51. The minimum atomic E-state index is -4.54. The summed E-state index contributed by atoms with van der Waals surface area (Å²) in [5, 5.41) is 4.31. The number of alkyl halides is 3. The van der Waals surface area contributed by atoms with Gasteiger partial charge >= 0.3 is 12.2 Å². The third kappa shape index (κ3) is 6.12. The Morgan fingerprint density at radius 3 is 2.57 bits per heavy atom. The predicted octanol–water partition coefficient (Wildman–Crippen LogP) is 3.91. The normalized spacial score (nSPS) is 10.9. The molecular formula is C17H15BrF3N3O4. The van der Waals surface area contributed by atoms with E-state index in [0.717, 1.165) is 12.1 Å². The maximum Gasteiger partial charge on any atom is 0.416 e. The number of ether oxygens (including phenoxy) is 2. The average molecular weight is 462 g/mol. The van der Waals surface area contributed by atoms with E-state index >= 15 is 0 Å². The summed E-state index contributed by atoms with van der Waals surface area (Å²) in [6.07, 6.45) is -4.54. The van der Waals surface area contributed by atoms with Crippen molar-refractivity contribution in [2.45, 2.75) is 13.1 Å². The first kappa shape index (κ1) is 21.5. The van der Waals surface area contributed by atoms with Gasteiger partial charge in [-0.25, -0.2) is 4.79 Å². The zero-order valence-corrected chi connectivity index (χ0v) is 16.3. The van der Waals surface area contributed by atoms with Crippen LogP contribution in [-0.4, -0.2) is 30.6 Å². The Bertz CT molecular complexity index is 890. The third-order valence-electron chi connectivity index (χ3n) is 3.25. The highest BCUT2D eigenvalue weighted by Crippen LogP contribution is 2.32. The molecule has 0 fully saturated rings. The van der Waals surface area contributed by atoms with Gasteiger partial charge in [-0.15, -0.1) is 0 Å². The van der Waals surface area contributed by atoms with Gasteiger partial charge in [0.25, 0.3) is 5.91 Å². The number of anilines is 1. The molecule has 0 saturated carbocycles. The monoisotopic (exact) mass is 461 g/mol. The Balaban J connectivity index is 1.92. The Kier molecular flexibility index (Phi) is 6.84. The van der Waals surface area contributed by atoms with Crippen LogP contribution in [0.2, 0.25) is 0 Å². The number of hydrogen-bond donors (Lipinski definition) is 2. The first-order valence-corrected chi connectivity index (χ1v) is 8.51. The number of nitrogens with zero attached hydrogens (tertiary/aromatic N) is 1. The zero-order valence-electron chi connectivity index (χ0n) is 14.7. The number of rotatable bonds is 5. The SMILES string of the molecule is COc1nc(NC(=O)NC(=O)COc2cc(C)cc(C(F)(F)F)c2)ccc1Br. The summed E-state index contributed by atoms with van der Waals surface area (Å²) < 4.78 is 49.0. The lowest BCUT2D eigenvalue weighted by atomic mass is 10.1. The number of urea groups is 1. The molecule has 0 saturated heterocycles. The number of pyridine rings is 1. The number of halogens is 4. The van der Waals surface area contributed by atoms with Crippen LogP contribution in [0, 0.1) is 6.92 Å². The Morgan fingerprint density at radius 2 is 1.93 bits per heavy atom. The van der Waals surface area contributed by atoms with Crippen molar-refractivity contribution in [3.05, 3.63) is 45.9 Å². The van der Waals surface area contributed by atoms with Crippen LogP contribution in [0.3, 0.4) is 0 Å². The average Bonchev–Trinajstić information content (AvgIpc) is 2.60. The van der Waals surface area contributed by atoms with Crippen molar-refractivity contribution in [2.75, 3.05) is 19.0 Å². The second-order valence-corrected chi connectivity index (χ2v) is 6.37. The largest absolute Gasteiger partial charge is 0.484 e. The second kappa shape index (κ2) is 8.91. The molecule has 0 aliphatic carbocycles. The van der Waals surface area contributed by atoms with Gasteiger partial charge in [-0.05, 0) is 58.7 Å². The minimum absolute atomic E-state index is 0.125. The number of methoxy groups -OCH3 is 1. The molecule has 0 atom stereocenters. The van der Waals surface area contributed by atoms with Crippen molar-refractivity contribution in [1.82, 2.24) is 10.3 Å². The molecular weight excluding hydrogens is 447 g/mol. The minimum Gasteiger partial charge on any atom is -0.484 e. The maximum atomic E-state index is 12.8. The Morgan fingerprint density at radius 1 is 1.21 bits per heavy atom. The molecule has 2 rings (SSSR count). The van der Waals surface area contributed by atoms with Gasteiger partial charge in [0.2, 0.25) is 5.88 Å². The third-order valence-corrected chi connectivity index (χ3v) is 3.85. The van der Waals surface area contributed by atoms with E-state index in [1.807, 2.05) is 5.32 Å². The molecule has 0 unspecified atom stereocenters. The van der Waals surface area contributed by atoms with Crippen LogP contribution in [0.5, 0.6) is 11.6 Å². The van der Waals surface area contributed by atoms with Crippen LogP contribution in [0.25, 0.3) is 0 Å². The molecule has 28 heavy (non-hydrogen) atoms. The molecule has 150 valence electrons. The van der Waals surface area contributed by atoms with Gasteiger partial charge in [-0.1, -0.05) is 0 Å². The number of imide groups is 1. The molecule has 1 aromatic carbocycles. The lowest BCUT2D eigenvalue weighted by molar-refractivity contribution is -0.137. The smallest absolute Gasteiger partial charge is 0.416 e. The molecule has 7 nitrogen and oxygen atoms in total. The highest BCUT2D eigenvalue weighted by atomic mass is 79.9. The lowest BCUT2D eigenvalue weighted by Crippen LogP contribution is -2.37. The fraction of sp³-hybridized carbons (Fsp3) is 0.235. The molecule has 0 bridgehead atoms. The predicted molar refractivity (Wildman–Crippen MR) is 97.3 cm³/mol. The van der Waals surface area contributed by atoms with E-state index in [-0.39, 0.29) is 17.4 Å². The van der Waals surface area contributed by atoms with Crippen LogP contribution in [0.1, 0.15) is 11.1 Å². The number of amides is 3. The topological polar surface area (TPSA) is 89.5 Å². The fourth-order valence-corrected chi connectivity index (χ4v) is 2.47. The number of carbonyl (C=O) groups excluding carboxylic acids is 2. The standard InChI is InChI=1S/C17H15BrF3N3O4/c1-9-5-10(17(19,20)21)7-11(6-9)28-8-14(25)24-16(26)23-13-4-3-12(18)15(22-13)27-2/h3-7H,8H2,1-2H3,(H2,22,23,24,25,26). The van der Waals surface area contributed by atoms with Crippen molar-refractivity contribution in [3.63, 3.8) is 0 Å². The van der Waals surface area contributed by atoms with Crippen LogP contribution >= 0.6 is 15.9 Å². The fourth-order valence-electron chi connectivity index (χ4n) is 2.09. The summed E-state index contributed by atoms with van der Waals surface area (Å²) >= 11 is 3.21. The van der Waals surface area contributed by atoms with Crippen molar-refractivity contribution in [1.29, 1.82) is 0 Å². The summed E-state index contributed by atoms with van der Waals surface area (Å²) in [5.74, 6) is -0.633.